The van der Waals surface area contributed by atoms with E-state index in [2.05, 4.69) is 10.3 Å². The van der Waals surface area contributed by atoms with Crippen LogP contribution in [0.4, 0.5) is 8.78 Å². The highest BCUT2D eigenvalue weighted by molar-refractivity contribution is 7.15. The van der Waals surface area contributed by atoms with E-state index in [0.29, 0.717) is 11.5 Å². The molecule has 1 unspecified atom stereocenters. The van der Waals surface area contributed by atoms with E-state index in [1.165, 1.54) is 17.0 Å². The van der Waals surface area contributed by atoms with Crippen molar-refractivity contribution >= 4 is 11.3 Å². The van der Waals surface area contributed by atoms with Gasteiger partial charge in [-0.2, -0.15) is 0 Å². The summed E-state index contributed by atoms with van der Waals surface area (Å²) < 4.78 is 26.6. The topological polar surface area (TPSA) is 24.9 Å². The van der Waals surface area contributed by atoms with Gasteiger partial charge in [-0.25, -0.2) is 13.8 Å². The number of nitrogens with one attached hydrogen (secondary N) is 1. The van der Waals surface area contributed by atoms with Gasteiger partial charge in [0, 0.05) is 29.0 Å². The molecule has 0 bridgehead atoms. The Bertz CT molecular complexity index is 604. The molecular weight excluding hydrogens is 278 g/mol. The molecule has 0 spiro atoms. The zero-order valence-corrected chi connectivity index (χ0v) is 12.1. The molecule has 3 rings (SSSR count). The van der Waals surface area contributed by atoms with E-state index in [4.69, 9.17) is 0 Å². The van der Waals surface area contributed by atoms with Gasteiger partial charge in [-0.15, -0.1) is 11.3 Å². The van der Waals surface area contributed by atoms with Gasteiger partial charge in [-0.05, 0) is 38.4 Å². The van der Waals surface area contributed by atoms with Crippen molar-refractivity contribution in [1.29, 1.82) is 0 Å². The fraction of sp³-hybridized carbons (Fsp3) is 0.400. The van der Waals surface area contributed by atoms with E-state index in [1.54, 1.807) is 11.3 Å². The minimum absolute atomic E-state index is 0.409. The second-order valence-corrected chi connectivity index (χ2v) is 6.22. The fourth-order valence-electron chi connectivity index (χ4n) is 2.75. The van der Waals surface area contributed by atoms with Crippen LogP contribution in [0, 0.1) is 11.6 Å². The van der Waals surface area contributed by atoms with E-state index in [9.17, 15) is 8.78 Å². The van der Waals surface area contributed by atoms with Gasteiger partial charge in [0.15, 0.2) is 0 Å². The first-order chi connectivity index (χ1) is 9.67. The second kappa shape index (κ2) is 5.58. The number of aryl methyl sites for hydroxylation is 1. The van der Waals surface area contributed by atoms with Crippen molar-refractivity contribution in [3.8, 4) is 10.6 Å². The van der Waals surface area contributed by atoms with Crippen LogP contribution in [-0.4, -0.2) is 18.6 Å². The maximum absolute atomic E-state index is 13.3. The monoisotopic (exact) mass is 294 g/mol. The van der Waals surface area contributed by atoms with E-state index in [0.717, 1.165) is 42.6 Å². The standard InChI is InChI=1S/C15H16F2N2S/c1-18-8-9-3-2-4-13-14(9)19-15(20-13)10-5-11(16)7-12(17)6-10/h5-7,9,18H,2-4,8H2,1H3. The lowest BCUT2D eigenvalue weighted by molar-refractivity contribution is 0.523. The predicted octanol–water partition coefficient (Wildman–Crippen LogP) is 3.73. The summed E-state index contributed by atoms with van der Waals surface area (Å²) in [5.41, 5.74) is 1.64. The molecule has 20 heavy (non-hydrogen) atoms. The first kappa shape index (κ1) is 13.6. The third kappa shape index (κ3) is 2.60. The van der Waals surface area contributed by atoms with Crippen molar-refractivity contribution < 1.29 is 8.78 Å². The number of aromatic nitrogens is 1. The van der Waals surface area contributed by atoms with Crippen LogP contribution in [0.3, 0.4) is 0 Å². The maximum atomic E-state index is 13.3. The molecule has 2 nitrogen and oxygen atoms in total. The normalized spacial score (nSPS) is 18.1. The lowest BCUT2D eigenvalue weighted by Crippen LogP contribution is -2.20. The summed E-state index contributed by atoms with van der Waals surface area (Å²) in [7, 11) is 1.93. The Morgan fingerprint density at radius 1 is 1.30 bits per heavy atom. The van der Waals surface area contributed by atoms with E-state index < -0.39 is 11.6 Å². The predicted molar refractivity (Wildman–Crippen MR) is 77.1 cm³/mol. The zero-order valence-electron chi connectivity index (χ0n) is 11.2. The summed E-state index contributed by atoms with van der Waals surface area (Å²) in [5.74, 6) is -0.702. The highest BCUT2D eigenvalue weighted by atomic mass is 32.1. The molecular formula is C15H16F2N2S. The molecule has 1 aliphatic carbocycles. The number of hydrogen-bond acceptors (Lipinski definition) is 3. The van der Waals surface area contributed by atoms with Gasteiger partial charge >= 0.3 is 0 Å². The summed E-state index contributed by atoms with van der Waals surface area (Å²) >= 11 is 1.56. The lowest BCUT2D eigenvalue weighted by Gasteiger charge is -2.20. The Hall–Kier alpha value is -1.33. The molecule has 0 saturated carbocycles. The summed E-state index contributed by atoms with van der Waals surface area (Å²) in [6.07, 6.45) is 3.29. The van der Waals surface area contributed by atoms with Gasteiger partial charge in [0.05, 0.1) is 5.69 Å². The van der Waals surface area contributed by atoms with Crippen molar-refractivity contribution in [1.82, 2.24) is 10.3 Å². The Labute approximate surface area is 120 Å². The number of benzene rings is 1. The van der Waals surface area contributed by atoms with Gasteiger partial charge in [0.1, 0.15) is 16.6 Å². The molecule has 1 heterocycles. The smallest absolute Gasteiger partial charge is 0.126 e. The van der Waals surface area contributed by atoms with Crippen LogP contribution >= 0.6 is 11.3 Å². The van der Waals surface area contributed by atoms with Crippen LogP contribution < -0.4 is 5.32 Å². The minimum atomic E-state index is -0.556. The second-order valence-electron chi connectivity index (χ2n) is 5.13. The molecule has 5 heteroatoms. The Kier molecular flexibility index (Phi) is 3.81. The summed E-state index contributed by atoms with van der Waals surface area (Å²) in [5, 5.41) is 3.91. The third-order valence-corrected chi connectivity index (χ3v) is 4.81. The number of hydrogen-bond donors (Lipinski definition) is 1. The Balaban J connectivity index is 2.00. The van der Waals surface area contributed by atoms with E-state index >= 15 is 0 Å². The quantitative estimate of drug-likeness (QED) is 0.933. The van der Waals surface area contributed by atoms with Crippen molar-refractivity contribution in [3.05, 3.63) is 40.4 Å². The number of likely N-dealkylation sites (N-methyl/N-ethyl adjacent to an activating group) is 1. The van der Waals surface area contributed by atoms with Crippen LogP contribution in [0.1, 0.15) is 29.3 Å². The van der Waals surface area contributed by atoms with Crippen molar-refractivity contribution in [2.24, 2.45) is 0 Å². The zero-order chi connectivity index (χ0) is 14.1. The van der Waals surface area contributed by atoms with Gasteiger partial charge in [-0.3, -0.25) is 0 Å². The lowest BCUT2D eigenvalue weighted by atomic mass is 9.91. The highest BCUT2D eigenvalue weighted by Gasteiger charge is 2.24. The molecule has 1 aliphatic rings. The van der Waals surface area contributed by atoms with E-state index in [1.807, 2.05) is 7.05 Å². The molecule has 1 N–H and O–H groups in total. The molecule has 0 amide bonds. The average Bonchev–Trinajstić information content (AvgIpc) is 2.83. The number of nitrogens with zero attached hydrogens (tertiary/aromatic N) is 1. The SMILES string of the molecule is CNCC1CCCc2sc(-c3cc(F)cc(F)c3)nc21. The van der Waals surface area contributed by atoms with E-state index in [-0.39, 0.29) is 0 Å². The minimum Gasteiger partial charge on any atom is -0.319 e. The molecule has 106 valence electrons. The molecule has 0 radical (unpaired) electrons. The number of thiazole rings is 1. The van der Waals surface area contributed by atoms with Gasteiger partial charge < -0.3 is 5.32 Å². The summed E-state index contributed by atoms with van der Waals surface area (Å²) in [6, 6.07) is 3.59. The highest BCUT2D eigenvalue weighted by Crippen LogP contribution is 2.38. The first-order valence-corrected chi connectivity index (χ1v) is 7.59. The molecule has 0 aliphatic heterocycles. The Morgan fingerprint density at radius 2 is 2.05 bits per heavy atom. The molecule has 1 atom stereocenters. The molecule has 0 saturated heterocycles. The molecule has 2 aromatic rings. The fourth-order valence-corrected chi connectivity index (χ4v) is 3.93. The third-order valence-electron chi connectivity index (χ3n) is 3.63. The van der Waals surface area contributed by atoms with Crippen LogP contribution in [-0.2, 0) is 6.42 Å². The number of rotatable bonds is 3. The average molecular weight is 294 g/mol. The van der Waals surface area contributed by atoms with Crippen molar-refractivity contribution in [3.63, 3.8) is 0 Å². The van der Waals surface area contributed by atoms with Crippen LogP contribution in [0.2, 0.25) is 0 Å². The van der Waals surface area contributed by atoms with Crippen LogP contribution in [0.5, 0.6) is 0 Å². The van der Waals surface area contributed by atoms with Crippen LogP contribution in [0.15, 0.2) is 18.2 Å². The van der Waals surface area contributed by atoms with Crippen molar-refractivity contribution in [2.75, 3.05) is 13.6 Å². The van der Waals surface area contributed by atoms with Gasteiger partial charge in [-0.1, -0.05) is 0 Å². The number of halogens is 2. The number of fused-ring (bicyclic) bond motifs is 1. The molecule has 0 fully saturated rings. The summed E-state index contributed by atoms with van der Waals surface area (Å²) in [6.45, 7) is 0.897. The molecule has 1 aromatic heterocycles. The van der Waals surface area contributed by atoms with Gasteiger partial charge in [0.2, 0.25) is 0 Å². The van der Waals surface area contributed by atoms with Crippen molar-refractivity contribution in [2.45, 2.75) is 25.2 Å². The summed E-state index contributed by atoms with van der Waals surface area (Å²) in [4.78, 5) is 5.91. The Morgan fingerprint density at radius 3 is 2.75 bits per heavy atom. The molecule has 1 aromatic carbocycles. The van der Waals surface area contributed by atoms with Crippen LogP contribution in [0.25, 0.3) is 10.6 Å². The maximum Gasteiger partial charge on any atom is 0.126 e. The largest absolute Gasteiger partial charge is 0.319 e. The first-order valence-electron chi connectivity index (χ1n) is 6.78. The van der Waals surface area contributed by atoms with Gasteiger partial charge in [0.25, 0.3) is 0 Å².